The summed E-state index contributed by atoms with van der Waals surface area (Å²) in [5.41, 5.74) is 3.35. The van der Waals surface area contributed by atoms with Crippen LogP contribution in [0.4, 0.5) is 24.5 Å². The van der Waals surface area contributed by atoms with Crippen molar-refractivity contribution in [1.29, 1.82) is 0 Å². The molecule has 3 rings (SSSR count). The van der Waals surface area contributed by atoms with Crippen LogP contribution in [0.25, 0.3) is 0 Å². The van der Waals surface area contributed by atoms with Gasteiger partial charge in [0, 0.05) is 11.1 Å². The molecule has 0 aliphatic carbocycles. The zero-order valence-electron chi connectivity index (χ0n) is 15.9. The first kappa shape index (κ1) is 20.3. The van der Waals surface area contributed by atoms with Gasteiger partial charge >= 0.3 is 6.18 Å². The van der Waals surface area contributed by atoms with Crippen molar-refractivity contribution in [2.75, 3.05) is 0 Å². The molecule has 3 aromatic carbocycles. The van der Waals surface area contributed by atoms with Gasteiger partial charge in [0.2, 0.25) is 0 Å². The SMILES string of the molecule is CCCc1ccc(C#Cc2ccc(N=Nc3ccc(C(F)(F)F)cc3)cc2)cc1. The average molecular weight is 392 g/mol. The Bertz CT molecular complexity index is 1020. The Hall–Kier alpha value is -3.39. The van der Waals surface area contributed by atoms with Crippen molar-refractivity contribution in [3.8, 4) is 11.8 Å². The Morgan fingerprint density at radius 1 is 0.690 bits per heavy atom. The van der Waals surface area contributed by atoms with E-state index in [0.29, 0.717) is 11.4 Å². The third-order valence-corrected chi connectivity index (χ3v) is 4.19. The Kier molecular flexibility index (Phi) is 6.46. The molecule has 0 amide bonds. The summed E-state index contributed by atoms with van der Waals surface area (Å²) in [5.74, 6) is 6.23. The molecule has 0 aromatic heterocycles. The highest BCUT2D eigenvalue weighted by Crippen LogP contribution is 2.30. The second-order valence-corrected chi connectivity index (χ2v) is 6.49. The van der Waals surface area contributed by atoms with Crippen molar-refractivity contribution in [2.24, 2.45) is 10.2 Å². The summed E-state index contributed by atoms with van der Waals surface area (Å²) in [4.78, 5) is 0. The minimum absolute atomic E-state index is 0.355. The van der Waals surface area contributed by atoms with E-state index >= 15 is 0 Å². The summed E-state index contributed by atoms with van der Waals surface area (Å²) in [6.45, 7) is 2.15. The van der Waals surface area contributed by atoms with Crippen LogP contribution in [0.1, 0.15) is 35.6 Å². The molecular weight excluding hydrogens is 373 g/mol. The average Bonchev–Trinajstić information content (AvgIpc) is 2.72. The number of hydrogen-bond donors (Lipinski definition) is 0. The van der Waals surface area contributed by atoms with Gasteiger partial charge in [-0.25, -0.2) is 0 Å². The molecule has 0 bridgehead atoms. The maximum Gasteiger partial charge on any atom is 0.416 e. The number of alkyl halides is 3. The van der Waals surface area contributed by atoms with Crippen LogP contribution in [-0.2, 0) is 12.6 Å². The lowest BCUT2D eigenvalue weighted by atomic mass is 10.1. The number of benzene rings is 3. The quantitative estimate of drug-likeness (QED) is 0.325. The van der Waals surface area contributed by atoms with E-state index in [1.165, 1.54) is 17.7 Å². The molecule has 5 heteroatoms. The number of halogens is 3. The molecule has 0 atom stereocenters. The predicted octanol–water partition coefficient (Wildman–Crippen LogP) is 7.47. The largest absolute Gasteiger partial charge is 0.416 e. The van der Waals surface area contributed by atoms with Crippen molar-refractivity contribution in [3.05, 3.63) is 95.1 Å². The molecule has 2 nitrogen and oxygen atoms in total. The van der Waals surface area contributed by atoms with E-state index in [9.17, 15) is 13.2 Å². The summed E-state index contributed by atoms with van der Waals surface area (Å²) in [7, 11) is 0. The van der Waals surface area contributed by atoms with Gasteiger partial charge < -0.3 is 0 Å². The summed E-state index contributed by atoms with van der Waals surface area (Å²) in [5, 5.41) is 8.02. The van der Waals surface area contributed by atoms with E-state index in [-0.39, 0.29) is 0 Å². The van der Waals surface area contributed by atoms with Gasteiger partial charge in [-0.2, -0.15) is 23.4 Å². The monoisotopic (exact) mass is 392 g/mol. The van der Waals surface area contributed by atoms with Crippen LogP contribution in [0.15, 0.2) is 83.0 Å². The zero-order chi connectivity index (χ0) is 20.7. The maximum atomic E-state index is 12.6. The molecule has 3 aromatic rings. The topological polar surface area (TPSA) is 24.7 Å². The van der Waals surface area contributed by atoms with Gasteiger partial charge in [0.05, 0.1) is 16.9 Å². The summed E-state index contributed by atoms with van der Waals surface area (Å²) in [6.07, 6.45) is -2.17. The first-order chi connectivity index (χ1) is 13.9. The van der Waals surface area contributed by atoms with Crippen LogP contribution in [0.2, 0.25) is 0 Å². The summed E-state index contributed by atoms with van der Waals surface area (Å²) < 4.78 is 37.7. The predicted molar refractivity (Wildman–Crippen MR) is 108 cm³/mol. The number of hydrogen-bond acceptors (Lipinski definition) is 2. The Balaban J connectivity index is 1.64. The van der Waals surface area contributed by atoms with Gasteiger partial charge in [-0.3, -0.25) is 0 Å². The van der Waals surface area contributed by atoms with E-state index in [1.54, 1.807) is 12.1 Å². The molecule has 0 fully saturated rings. The van der Waals surface area contributed by atoms with Crippen LogP contribution in [-0.4, -0.2) is 0 Å². The molecule has 146 valence electrons. The molecule has 0 spiro atoms. The highest BCUT2D eigenvalue weighted by Gasteiger charge is 2.29. The van der Waals surface area contributed by atoms with E-state index in [2.05, 4.69) is 41.1 Å². The number of rotatable bonds is 4. The van der Waals surface area contributed by atoms with Crippen LogP contribution >= 0.6 is 0 Å². The van der Waals surface area contributed by atoms with E-state index in [0.717, 1.165) is 36.1 Å². The number of nitrogens with zero attached hydrogens (tertiary/aromatic N) is 2. The van der Waals surface area contributed by atoms with Gasteiger partial charge in [0.25, 0.3) is 0 Å². The molecule has 0 heterocycles. The second kappa shape index (κ2) is 9.20. The molecular formula is C24H19F3N2. The second-order valence-electron chi connectivity index (χ2n) is 6.49. The lowest BCUT2D eigenvalue weighted by Crippen LogP contribution is -2.03. The maximum absolute atomic E-state index is 12.6. The fraction of sp³-hybridized carbons (Fsp3) is 0.167. The summed E-state index contributed by atoms with van der Waals surface area (Å²) >= 11 is 0. The van der Waals surface area contributed by atoms with Crippen LogP contribution in [0.3, 0.4) is 0 Å². The van der Waals surface area contributed by atoms with E-state index < -0.39 is 11.7 Å². The molecule has 0 N–H and O–H groups in total. The van der Waals surface area contributed by atoms with Crippen molar-refractivity contribution in [1.82, 2.24) is 0 Å². The van der Waals surface area contributed by atoms with Gasteiger partial charge in [-0.15, -0.1) is 0 Å². The fourth-order valence-corrected chi connectivity index (χ4v) is 2.63. The number of azo groups is 1. The molecule has 0 radical (unpaired) electrons. The Morgan fingerprint density at radius 3 is 1.59 bits per heavy atom. The minimum atomic E-state index is -4.36. The first-order valence-corrected chi connectivity index (χ1v) is 9.24. The standard InChI is InChI=1S/C24H19F3N2/c1-2-3-18-4-6-19(7-5-18)8-9-20-10-14-22(15-11-20)28-29-23-16-12-21(13-17-23)24(25,26)27/h4-7,10-17H,2-3H2,1H3. The lowest BCUT2D eigenvalue weighted by molar-refractivity contribution is -0.137. The smallest absolute Gasteiger partial charge is 0.166 e. The Labute approximate surface area is 168 Å². The van der Waals surface area contributed by atoms with Crippen LogP contribution in [0, 0.1) is 11.8 Å². The van der Waals surface area contributed by atoms with Gasteiger partial charge in [0.15, 0.2) is 0 Å². The van der Waals surface area contributed by atoms with E-state index in [4.69, 9.17) is 0 Å². The van der Waals surface area contributed by atoms with Gasteiger partial charge in [-0.1, -0.05) is 37.3 Å². The first-order valence-electron chi connectivity index (χ1n) is 9.24. The van der Waals surface area contributed by atoms with Gasteiger partial charge in [-0.05, 0) is 72.6 Å². The number of aryl methyl sites for hydroxylation is 1. The summed E-state index contributed by atoms with van der Waals surface area (Å²) in [6, 6.07) is 20.0. The molecule has 29 heavy (non-hydrogen) atoms. The van der Waals surface area contributed by atoms with Crippen molar-refractivity contribution in [3.63, 3.8) is 0 Å². The van der Waals surface area contributed by atoms with E-state index in [1.807, 2.05) is 24.3 Å². The molecule has 0 aliphatic heterocycles. The highest BCUT2D eigenvalue weighted by molar-refractivity contribution is 5.48. The van der Waals surface area contributed by atoms with Crippen molar-refractivity contribution in [2.45, 2.75) is 25.9 Å². The third kappa shape index (κ3) is 6.05. The highest BCUT2D eigenvalue weighted by atomic mass is 19.4. The van der Waals surface area contributed by atoms with Crippen LogP contribution in [0.5, 0.6) is 0 Å². The lowest BCUT2D eigenvalue weighted by Gasteiger charge is -2.05. The van der Waals surface area contributed by atoms with Gasteiger partial charge in [0.1, 0.15) is 0 Å². The molecule has 0 saturated carbocycles. The zero-order valence-corrected chi connectivity index (χ0v) is 15.9. The van der Waals surface area contributed by atoms with Crippen molar-refractivity contribution < 1.29 is 13.2 Å². The normalized spacial score (nSPS) is 11.3. The minimum Gasteiger partial charge on any atom is -0.166 e. The Morgan fingerprint density at radius 2 is 1.14 bits per heavy atom. The molecule has 0 saturated heterocycles. The molecule has 0 aliphatic rings. The third-order valence-electron chi connectivity index (χ3n) is 4.19. The van der Waals surface area contributed by atoms with Crippen LogP contribution < -0.4 is 0 Å². The fourth-order valence-electron chi connectivity index (χ4n) is 2.63. The van der Waals surface area contributed by atoms with Crippen molar-refractivity contribution >= 4 is 11.4 Å². The molecule has 0 unspecified atom stereocenters.